The van der Waals surface area contributed by atoms with Gasteiger partial charge < -0.3 is 16.0 Å². The van der Waals surface area contributed by atoms with Gasteiger partial charge in [-0.05, 0) is 26.0 Å². The van der Waals surface area contributed by atoms with E-state index in [4.69, 9.17) is 11.6 Å². The van der Waals surface area contributed by atoms with E-state index in [9.17, 15) is 9.59 Å². The van der Waals surface area contributed by atoms with Gasteiger partial charge in [0.25, 0.3) is 5.91 Å². The number of carbonyl (C=O) groups is 2. The van der Waals surface area contributed by atoms with Crippen molar-refractivity contribution in [2.75, 3.05) is 25.0 Å². The van der Waals surface area contributed by atoms with E-state index in [0.717, 1.165) is 0 Å². The third-order valence-corrected chi connectivity index (χ3v) is 2.62. The van der Waals surface area contributed by atoms with Gasteiger partial charge in [-0.2, -0.15) is 0 Å². The fourth-order valence-corrected chi connectivity index (χ4v) is 1.79. The van der Waals surface area contributed by atoms with Crippen LogP contribution in [0.25, 0.3) is 0 Å². The second kappa shape index (κ2) is 8.37. The van der Waals surface area contributed by atoms with Crippen LogP contribution in [0.5, 0.6) is 0 Å². The lowest BCUT2D eigenvalue weighted by Gasteiger charge is -2.08. The Balaban J connectivity index is 2.56. The topological polar surface area (TPSA) is 83.1 Å². The normalized spacial score (nSPS) is 9.95. The largest absolute Gasteiger partial charge is 0.370 e. The molecule has 0 radical (unpaired) electrons. The summed E-state index contributed by atoms with van der Waals surface area (Å²) in [6, 6.07) is 3.11. The highest BCUT2D eigenvalue weighted by Gasteiger charge is 2.09. The van der Waals surface area contributed by atoms with Crippen LogP contribution >= 0.6 is 11.6 Å². The Labute approximate surface area is 123 Å². The number of hydrogen-bond donors (Lipinski definition) is 3. The van der Waals surface area contributed by atoms with Crippen LogP contribution < -0.4 is 16.0 Å². The first kappa shape index (κ1) is 16.2. The Kier molecular flexibility index (Phi) is 6.79. The van der Waals surface area contributed by atoms with E-state index < -0.39 is 0 Å². The molecule has 110 valence electrons. The number of anilines is 1. The number of nitrogens with zero attached hydrogens (tertiary/aromatic N) is 1. The highest BCUT2D eigenvalue weighted by molar-refractivity contribution is 6.29. The second-order valence-corrected chi connectivity index (χ2v) is 4.44. The predicted molar refractivity (Wildman–Crippen MR) is 79.0 cm³/mol. The van der Waals surface area contributed by atoms with Crippen molar-refractivity contribution in [3.05, 3.63) is 22.8 Å². The van der Waals surface area contributed by atoms with Crippen molar-refractivity contribution in [1.29, 1.82) is 0 Å². The molecule has 0 atom stereocenters. The maximum atomic E-state index is 11.9. The van der Waals surface area contributed by atoms with Crippen LogP contribution in [0.2, 0.25) is 5.15 Å². The lowest BCUT2D eigenvalue weighted by atomic mass is 10.2. The average molecular weight is 299 g/mol. The number of rotatable bonds is 7. The molecular weight excluding hydrogens is 280 g/mol. The summed E-state index contributed by atoms with van der Waals surface area (Å²) in [7, 11) is 0. The molecule has 0 unspecified atom stereocenters. The minimum atomic E-state index is -0.280. The molecular formula is C13H19ClN4O2. The molecule has 1 aromatic rings. The Bertz CT molecular complexity index is 479. The van der Waals surface area contributed by atoms with E-state index in [-0.39, 0.29) is 29.9 Å². The van der Waals surface area contributed by atoms with E-state index in [2.05, 4.69) is 20.9 Å². The van der Waals surface area contributed by atoms with Gasteiger partial charge in [-0.3, -0.25) is 9.59 Å². The van der Waals surface area contributed by atoms with Gasteiger partial charge in [0.15, 0.2) is 0 Å². The molecule has 0 aliphatic carbocycles. The summed E-state index contributed by atoms with van der Waals surface area (Å²) in [5.74, 6) is 0.181. The molecule has 0 aromatic carbocycles. The minimum Gasteiger partial charge on any atom is -0.370 e. The van der Waals surface area contributed by atoms with E-state index in [0.29, 0.717) is 24.5 Å². The molecule has 0 aliphatic heterocycles. The third kappa shape index (κ3) is 5.44. The first-order chi connectivity index (χ1) is 9.56. The van der Waals surface area contributed by atoms with E-state index >= 15 is 0 Å². The molecule has 3 N–H and O–H groups in total. The molecule has 7 heteroatoms. The van der Waals surface area contributed by atoms with E-state index in [1.165, 1.54) is 6.07 Å². The number of nitrogens with one attached hydrogen (secondary N) is 3. The zero-order valence-corrected chi connectivity index (χ0v) is 12.4. The third-order valence-electron chi connectivity index (χ3n) is 2.43. The van der Waals surface area contributed by atoms with Gasteiger partial charge in [0.2, 0.25) is 5.91 Å². The fourth-order valence-electron chi connectivity index (χ4n) is 1.58. The zero-order chi connectivity index (χ0) is 15.0. The van der Waals surface area contributed by atoms with Gasteiger partial charge in [0.05, 0.1) is 0 Å². The molecule has 1 aromatic heterocycles. The van der Waals surface area contributed by atoms with E-state index in [1.807, 2.05) is 13.8 Å². The summed E-state index contributed by atoms with van der Waals surface area (Å²) in [5, 5.41) is 8.58. The molecule has 6 nitrogen and oxygen atoms in total. The quantitative estimate of drug-likeness (QED) is 0.665. The molecule has 0 saturated heterocycles. The Morgan fingerprint density at radius 3 is 2.60 bits per heavy atom. The van der Waals surface area contributed by atoms with Gasteiger partial charge in [0, 0.05) is 31.6 Å². The second-order valence-electron chi connectivity index (χ2n) is 4.05. The molecule has 2 amide bonds. The first-order valence-electron chi connectivity index (χ1n) is 6.53. The summed E-state index contributed by atoms with van der Waals surface area (Å²) < 4.78 is 0. The minimum absolute atomic E-state index is 0.0890. The van der Waals surface area contributed by atoms with Crippen LogP contribution in [0.1, 0.15) is 30.6 Å². The Morgan fingerprint density at radius 1 is 1.20 bits per heavy atom. The van der Waals surface area contributed by atoms with Gasteiger partial charge >= 0.3 is 0 Å². The summed E-state index contributed by atoms with van der Waals surface area (Å²) >= 11 is 5.86. The number of hydrogen-bond acceptors (Lipinski definition) is 4. The van der Waals surface area contributed by atoms with Crippen LogP contribution in [-0.2, 0) is 4.79 Å². The summed E-state index contributed by atoms with van der Waals surface area (Å²) in [6.07, 6.45) is 0.248. The average Bonchev–Trinajstić information content (AvgIpc) is 2.38. The highest BCUT2D eigenvalue weighted by atomic mass is 35.5. The standard InChI is InChI=1S/C13H19ClN4O2/c1-3-15-11-8-9(7-10(14)18-11)13(20)17-6-5-12(19)16-4-2/h7-8H,3-6H2,1-2H3,(H,15,18)(H,16,19)(H,17,20). The van der Waals surface area contributed by atoms with Crippen LogP contribution in [0.4, 0.5) is 5.82 Å². The van der Waals surface area contributed by atoms with Gasteiger partial charge in [-0.25, -0.2) is 4.98 Å². The monoisotopic (exact) mass is 298 g/mol. The summed E-state index contributed by atoms with van der Waals surface area (Å²) in [6.45, 7) is 5.32. The van der Waals surface area contributed by atoms with Crippen molar-refractivity contribution in [2.45, 2.75) is 20.3 Å². The van der Waals surface area contributed by atoms with Gasteiger partial charge in [0.1, 0.15) is 11.0 Å². The van der Waals surface area contributed by atoms with Crippen molar-refractivity contribution in [1.82, 2.24) is 15.6 Å². The van der Waals surface area contributed by atoms with Crippen molar-refractivity contribution >= 4 is 29.2 Å². The first-order valence-corrected chi connectivity index (χ1v) is 6.91. The Hall–Kier alpha value is -1.82. The maximum absolute atomic E-state index is 11.9. The SMILES string of the molecule is CCNC(=O)CCNC(=O)c1cc(Cl)nc(NCC)c1. The Morgan fingerprint density at radius 2 is 1.95 bits per heavy atom. The summed E-state index contributed by atoms with van der Waals surface area (Å²) in [4.78, 5) is 27.2. The van der Waals surface area contributed by atoms with Crippen LogP contribution in [0.15, 0.2) is 12.1 Å². The number of halogens is 1. The lowest BCUT2D eigenvalue weighted by Crippen LogP contribution is -2.30. The van der Waals surface area contributed by atoms with Crippen LogP contribution in [0.3, 0.4) is 0 Å². The van der Waals surface area contributed by atoms with E-state index in [1.54, 1.807) is 6.07 Å². The van der Waals surface area contributed by atoms with Gasteiger partial charge in [-0.1, -0.05) is 11.6 Å². The molecule has 1 rings (SSSR count). The molecule has 0 fully saturated rings. The number of carbonyl (C=O) groups excluding carboxylic acids is 2. The maximum Gasteiger partial charge on any atom is 0.251 e. The number of aromatic nitrogens is 1. The smallest absolute Gasteiger partial charge is 0.251 e. The van der Waals surface area contributed by atoms with Crippen molar-refractivity contribution in [3.63, 3.8) is 0 Å². The molecule has 0 spiro atoms. The van der Waals surface area contributed by atoms with Crippen molar-refractivity contribution < 1.29 is 9.59 Å². The molecule has 0 saturated carbocycles. The van der Waals surface area contributed by atoms with Crippen LogP contribution in [0, 0.1) is 0 Å². The number of amides is 2. The summed E-state index contributed by atoms with van der Waals surface area (Å²) in [5.41, 5.74) is 0.414. The number of pyridine rings is 1. The fraction of sp³-hybridized carbons (Fsp3) is 0.462. The van der Waals surface area contributed by atoms with Crippen molar-refractivity contribution in [3.8, 4) is 0 Å². The zero-order valence-electron chi connectivity index (χ0n) is 11.6. The molecule has 20 heavy (non-hydrogen) atoms. The molecule has 0 aliphatic rings. The highest BCUT2D eigenvalue weighted by Crippen LogP contribution is 2.14. The molecule has 1 heterocycles. The molecule has 0 bridgehead atoms. The lowest BCUT2D eigenvalue weighted by molar-refractivity contribution is -0.120. The van der Waals surface area contributed by atoms with Crippen LogP contribution in [-0.4, -0.2) is 36.4 Å². The van der Waals surface area contributed by atoms with Crippen molar-refractivity contribution in [2.24, 2.45) is 0 Å². The van der Waals surface area contributed by atoms with Gasteiger partial charge in [-0.15, -0.1) is 0 Å². The predicted octanol–water partition coefficient (Wildman–Crippen LogP) is 1.42.